The molecule has 0 fully saturated rings. The molecule has 0 unspecified atom stereocenters. The Bertz CT molecular complexity index is 1300. The standard InChI is InChI=1S/C24H21ClN4O3S2/c1-29-19(12-15-8-10-17(25)11-9-15)27-28-24(29)34-14-20(30)26-22-21(23(31)32-2)18(13-33-22)16-6-4-3-5-7-16/h3-11,13H,12,14H2,1-2H3,(H,26,30). The van der Waals surface area contributed by atoms with E-state index in [9.17, 15) is 9.59 Å². The number of hydrogen-bond acceptors (Lipinski definition) is 7. The number of thioether (sulfide) groups is 1. The largest absolute Gasteiger partial charge is 0.465 e. The number of ether oxygens (including phenoxy) is 1. The Morgan fingerprint density at radius 1 is 1.12 bits per heavy atom. The molecule has 7 nitrogen and oxygen atoms in total. The second kappa shape index (κ2) is 10.9. The number of amides is 1. The smallest absolute Gasteiger partial charge is 0.341 e. The first-order valence-electron chi connectivity index (χ1n) is 10.3. The highest BCUT2D eigenvalue weighted by molar-refractivity contribution is 7.99. The number of esters is 1. The zero-order valence-electron chi connectivity index (χ0n) is 18.4. The van der Waals surface area contributed by atoms with Crippen LogP contribution in [0.2, 0.25) is 5.02 Å². The Morgan fingerprint density at radius 3 is 2.56 bits per heavy atom. The quantitative estimate of drug-likeness (QED) is 0.254. The van der Waals surface area contributed by atoms with Crippen LogP contribution in [0, 0.1) is 0 Å². The van der Waals surface area contributed by atoms with Gasteiger partial charge in [-0.2, -0.15) is 0 Å². The minimum atomic E-state index is -0.497. The molecule has 0 spiro atoms. The lowest BCUT2D eigenvalue weighted by atomic mass is 10.0. The molecule has 0 aliphatic rings. The third-order valence-corrected chi connectivity index (χ3v) is 7.22. The highest BCUT2D eigenvalue weighted by Gasteiger charge is 2.22. The maximum absolute atomic E-state index is 12.7. The van der Waals surface area contributed by atoms with E-state index in [2.05, 4.69) is 15.5 Å². The van der Waals surface area contributed by atoms with Crippen molar-refractivity contribution in [3.63, 3.8) is 0 Å². The number of carbonyl (C=O) groups excluding carboxylic acids is 2. The SMILES string of the molecule is COC(=O)c1c(-c2ccccc2)csc1NC(=O)CSc1nnc(Cc2ccc(Cl)cc2)n1C. The molecule has 0 saturated heterocycles. The van der Waals surface area contributed by atoms with Gasteiger partial charge < -0.3 is 14.6 Å². The van der Waals surface area contributed by atoms with Crippen molar-refractivity contribution in [3.05, 3.63) is 82.0 Å². The summed E-state index contributed by atoms with van der Waals surface area (Å²) in [7, 11) is 3.19. The molecular formula is C24H21ClN4O3S2. The van der Waals surface area contributed by atoms with Gasteiger partial charge in [0, 0.05) is 29.4 Å². The number of carbonyl (C=O) groups is 2. The van der Waals surface area contributed by atoms with Crippen LogP contribution >= 0.6 is 34.7 Å². The van der Waals surface area contributed by atoms with Crippen molar-refractivity contribution in [3.8, 4) is 11.1 Å². The third-order valence-electron chi connectivity index (χ3n) is 5.05. The maximum atomic E-state index is 12.7. The van der Waals surface area contributed by atoms with Crippen LogP contribution < -0.4 is 5.32 Å². The molecule has 2 aromatic carbocycles. The van der Waals surface area contributed by atoms with Crippen molar-refractivity contribution in [2.24, 2.45) is 7.05 Å². The van der Waals surface area contributed by atoms with Gasteiger partial charge in [-0.3, -0.25) is 4.79 Å². The van der Waals surface area contributed by atoms with E-state index in [0.29, 0.717) is 27.2 Å². The molecule has 0 aliphatic heterocycles. The van der Waals surface area contributed by atoms with Crippen LogP contribution in [0.3, 0.4) is 0 Å². The molecular weight excluding hydrogens is 492 g/mol. The molecule has 0 saturated carbocycles. The van der Waals surface area contributed by atoms with E-state index in [-0.39, 0.29) is 11.7 Å². The Kier molecular flexibility index (Phi) is 7.66. The minimum absolute atomic E-state index is 0.117. The van der Waals surface area contributed by atoms with E-state index in [1.54, 1.807) is 0 Å². The predicted molar refractivity (Wildman–Crippen MR) is 136 cm³/mol. The average molecular weight is 513 g/mol. The summed E-state index contributed by atoms with van der Waals surface area (Å²) in [6, 6.07) is 17.1. The Labute approximate surface area is 210 Å². The lowest BCUT2D eigenvalue weighted by molar-refractivity contribution is -0.113. The second-order valence-corrected chi connectivity index (χ2v) is 9.57. The van der Waals surface area contributed by atoms with Crippen LogP contribution in [-0.2, 0) is 23.0 Å². The van der Waals surface area contributed by atoms with Gasteiger partial charge in [-0.05, 0) is 23.3 Å². The monoisotopic (exact) mass is 512 g/mol. The van der Waals surface area contributed by atoms with Crippen LogP contribution in [0.1, 0.15) is 21.7 Å². The molecule has 2 heterocycles. The van der Waals surface area contributed by atoms with Gasteiger partial charge in [0.2, 0.25) is 5.91 Å². The summed E-state index contributed by atoms with van der Waals surface area (Å²) in [5, 5.41) is 14.9. The number of hydrogen-bond donors (Lipinski definition) is 1. The number of halogens is 1. The topological polar surface area (TPSA) is 86.1 Å². The number of rotatable bonds is 8. The lowest BCUT2D eigenvalue weighted by Gasteiger charge is -2.08. The molecule has 4 aromatic rings. The Morgan fingerprint density at radius 2 is 1.85 bits per heavy atom. The summed E-state index contributed by atoms with van der Waals surface area (Å²) in [4.78, 5) is 25.2. The fourth-order valence-electron chi connectivity index (χ4n) is 3.29. The summed E-state index contributed by atoms with van der Waals surface area (Å²) < 4.78 is 6.83. The minimum Gasteiger partial charge on any atom is -0.465 e. The van der Waals surface area contributed by atoms with Crippen molar-refractivity contribution in [2.75, 3.05) is 18.2 Å². The number of methoxy groups -OCH3 is 1. The van der Waals surface area contributed by atoms with E-state index in [4.69, 9.17) is 16.3 Å². The molecule has 2 aromatic heterocycles. The number of thiophene rings is 1. The molecule has 0 radical (unpaired) electrons. The maximum Gasteiger partial charge on any atom is 0.341 e. The molecule has 0 aliphatic carbocycles. The van der Waals surface area contributed by atoms with Crippen molar-refractivity contribution in [1.82, 2.24) is 14.8 Å². The average Bonchev–Trinajstić information content (AvgIpc) is 3.42. The zero-order chi connectivity index (χ0) is 24.1. The highest BCUT2D eigenvalue weighted by atomic mass is 35.5. The van der Waals surface area contributed by atoms with Gasteiger partial charge in [0.1, 0.15) is 16.4 Å². The number of anilines is 1. The first kappa shape index (κ1) is 24.0. The number of nitrogens with zero attached hydrogens (tertiary/aromatic N) is 3. The van der Waals surface area contributed by atoms with E-state index in [1.165, 1.54) is 30.2 Å². The summed E-state index contributed by atoms with van der Waals surface area (Å²) >= 11 is 8.51. The molecule has 4 rings (SSSR count). The number of benzene rings is 2. The van der Waals surface area contributed by atoms with Crippen LogP contribution in [0.15, 0.2) is 65.1 Å². The second-order valence-electron chi connectivity index (χ2n) is 7.31. The van der Waals surface area contributed by atoms with Crippen LogP contribution in [0.4, 0.5) is 5.00 Å². The van der Waals surface area contributed by atoms with E-state index in [1.807, 2.05) is 71.6 Å². The van der Waals surface area contributed by atoms with E-state index in [0.717, 1.165) is 22.5 Å². The first-order valence-corrected chi connectivity index (χ1v) is 12.5. The van der Waals surface area contributed by atoms with E-state index >= 15 is 0 Å². The number of aromatic nitrogens is 3. The van der Waals surface area contributed by atoms with Gasteiger partial charge in [-0.25, -0.2) is 4.79 Å². The highest BCUT2D eigenvalue weighted by Crippen LogP contribution is 2.36. The molecule has 1 N–H and O–H groups in total. The third kappa shape index (κ3) is 5.49. The lowest BCUT2D eigenvalue weighted by Crippen LogP contribution is -2.16. The molecule has 1 amide bonds. The van der Waals surface area contributed by atoms with E-state index < -0.39 is 5.97 Å². The Hall–Kier alpha value is -3.14. The molecule has 174 valence electrons. The van der Waals surface area contributed by atoms with Gasteiger partial charge in [0.25, 0.3) is 0 Å². The predicted octanol–water partition coefficient (Wildman–Crippen LogP) is 5.31. The van der Waals surface area contributed by atoms with Crippen LogP contribution in [-0.4, -0.2) is 39.5 Å². The normalized spacial score (nSPS) is 10.8. The van der Waals surface area contributed by atoms with Gasteiger partial charge in [-0.1, -0.05) is 65.8 Å². The van der Waals surface area contributed by atoms with Gasteiger partial charge >= 0.3 is 5.97 Å². The van der Waals surface area contributed by atoms with Crippen LogP contribution in [0.5, 0.6) is 0 Å². The Balaban J connectivity index is 1.43. The fourth-order valence-corrected chi connectivity index (χ4v) is 5.12. The van der Waals surface area contributed by atoms with Crippen molar-refractivity contribution >= 4 is 51.6 Å². The van der Waals surface area contributed by atoms with Crippen molar-refractivity contribution in [2.45, 2.75) is 11.6 Å². The summed E-state index contributed by atoms with van der Waals surface area (Å²) in [5.41, 5.74) is 3.01. The van der Waals surface area contributed by atoms with Crippen LogP contribution in [0.25, 0.3) is 11.1 Å². The first-order chi connectivity index (χ1) is 16.5. The molecule has 34 heavy (non-hydrogen) atoms. The van der Waals surface area contributed by atoms with Crippen molar-refractivity contribution in [1.29, 1.82) is 0 Å². The van der Waals surface area contributed by atoms with Crippen molar-refractivity contribution < 1.29 is 14.3 Å². The summed E-state index contributed by atoms with van der Waals surface area (Å²) in [6.07, 6.45) is 0.605. The number of nitrogens with one attached hydrogen (secondary N) is 1. The van der Waals surface area contributed by atoms with Gasteiger partial charge in [0.15, 0.2) is 5.16 Å². The zero-order valence-corrected chi connectivity index (χ0v) is 20.8. The fraction of sp³-hybridized carbons (Fsp3) is 0.167. The van der Waals surface area contributed by atoms with Gasteiger partial charge in [-0.15, -0.1) is 21.5 Å². The summed E-state index contributed by atoms with van der Waals surface area (Å²) in [5.74, 6) is 0.151. The molecule has 10 heteroatoms. The van der Waals surface area contributed by atoms with Gasteiger partial charge in [0.05, 0.1) is 12.9 Å². The molecule has 0 bridgehead atoms. The summed E-state index contributed by atoms with van der Waals surface area (Å²) in [6.45, 7) is 0. The molecule has 0 atom stereocenters.